The lowest BCUT2D eigenvalue weighted by Gasteiger charge is -2.13. The number of methoxy groups -OCH3 is 1. The molecule has 1 amide bonds. The first-order chi connectivity index (χ1) is 9.01. The maximum atomic E-state index is 11.8. The summed E-state index contributed by atoms with van der Waals surface area (Å²) in [7, 11) is 1.30. The average Bonchev–Trinajstić information content (AvgIpc) is 2.40. The Hall–Kier alpha value is -2.32. The van der Waals surface area contributed by atoms with E-state index in [4.69, 9.17) is 12.2 Å². The molecule has 0 fully saturated rings. The zero-order chi connectivity index (χ0) is 14.4. The summed E-state index contributed by atoms with van der Waals surface area (Å²) >= 11 is 0. The van der Waals surface area contributed by atoms with Crippen LogP contribution in [-0.4, -0.2) is 25.0 Å². The van der Waals surface area contributed by atoms with Gasteiger partial charge in [-0.1, -0.05) is 6.07 Å². The average molecular weight is 260 g/mol. The van der Waals surface area contributed by atoms with Crippen molar-refractivity contribution in [2.75, 3.05) is 12.4 Å². The minimum atomic E-state index is -0.772. The number of terminal acetylenes is 1. The van der Waals surface area contributed by atoms with Crippen LogP contribution in [0.1, 0.15) is 22.3 Å². The van der Waals surface area contributed by atoms with Crippen molar-refractivity contribution >= 4 is 17.6 Å². The Morgan fingerprint density at radius 2 is 2.21 bits per heavy atom. The Labute approximate surface area is 112 Å². The summed E-state index contributed by atoms with van der Waals surface area (Å²) in [5, 5.41) is 2.65. The van der Waals surface area contributed by atoms with Gasteiger partial charge in [-0.2, -0.15) is 0 Å². The van der Waals surface area contributed by atoms with Crippen LogP contribution in [-0.2, 0) is 9.53 Å². The van der Waals surface area contributed by atoms with Gasteiger partial charge in [0.25, 0.3) is 0 Å². The number of rotatable bonds is 4. The van der Waals surface area contributed by atoms with Crippen LogP contribution in [0.5, 0.6) is 0 Å². The Morgan fingerprint density at radius 1 is 1.53 bits per heavy atom. The van der Waals surface area contributed by atoms with E-state index >= 15 is 0 Å². The highest BCUT2D eigenvalue weighted by Gasteiger charge is 2.16. The molecule has 0 saturated carbocycles. The smallest absolute Gasteiger partial charge is 0.338 e. The minimum Gasteiger partial charge on any atom is -0.465 e. The summed E-state index contributed by atoms with van der Waals surface area (Å²) < 4.78 is 4.66. The molecule has 0 aliphatic heterocycles. The second-order valence-electron chi connectivity index (χ2n) is 3.97. The second-order valence-corrected chi connectivity index (χ2v) is 3.97. The van der Waals surface area contributed by atoms with Gasteiger partial charge in [-0.05, 0) is 24.6 Å². The quantitative estimate of drug-likeness (QED) is 0.626. The van der Waals surface area contributed by atoms with E-state index in [0.29, 0.717) is 16.8 Å². The fraction of sp³-hybridized carbons (Fsp3) is 0.286. The third kappa shape index (κ3) is 3.57. The summed E-state index contributed by atoms with van der Waals surface area (Å²) in [6.07, 6.45) is 5.26. The van der Waals surface area contributed by atoms with Crippen molar-refractivity contribution in [2.24, 2.45) is 5.73 Å². The lowest BCUT2D eigenvalue weighted by Crippen LogP contribution is -2.35. The van der Waals surface area contributed by atoms with Gasteiger partial charge < -0.3 is 15.8 Å². The molecular weight excluding hydrogens is 244 g/mol. The number of benzene rings is 1. The molecule has 0 saturated heterocycles. The maximum Gasteiger partial charge on any atom is 0.338 e. The molecule has 100 valence electrons. The van der Waals surface area contributed by atoms with Crippen molar-refractivity contribution in [2.45, 2.75) is 19.4 Å². The number of carbonyl (C=O) groups excluding carboxylic acids is 2. The molecule has 3 N–H and O–H groups in total. The molecule has 0 heterocycles. The van der Waals surface area contributed by atoms with Gasteiger partial charge in [-0.15, -0.1) is 12.3 Å². The van der Waals surface area contributed by atoms with E-state index in [1.54, 1.807) is 25.1 Å². The van der Waals surface area contributed by atoms with E-state index in [1.165, 1.54) is 7.11 Å². The highest BCUT2D eigenvalue weighted by Crippen LogP contribution is 2.19. The molecule has 1 atom stereocenters. The molecule has 5 heteroatoms. The molecule has 1 unspecified atom stereocenters. The number of anilines is 1. The van der Waals surface area contributed by atoms with Crippen LogP contribution >= 0.6 is 0 Å². The molecule has 0 bridgehead atoms. The van der Waals surface area contributed by atoms with Gasteiger partial charge in [0.2, 0.25) is 5.91 Å². The lowest BCUT2D eigenvalue weighted by molar-refractivity contribution is -0.117. The van der Waals surface area contributed by atoms with Gasteiger partial charge in [0.1, 0.15) is 0 Å². The number of nitrogens with two attached hydrogens (primary N) is 1. The highest BCUT2D eigenvalue weighted by atomic mass is 16.5. The first-order valence-electron chi connectivity index (χ1n) is 5.69. The summed E-state index contributed by atoms with van der Waals surface area (Å²) in [6, 6.07) is 4.19. The van der Waals surface area contributed by atoms with Gasteiger partial charge in [0, 0.05) is 12.1 Å². The lowest BCUT2D eigenvalue weighted by atomic mass is 10.1. The van der Waals surface area contributed by atoms with Gasteiger partial charge in [-0.25, -0.2) is 4.79 Å². The highest BCUT2D eigenvalue weighted by molar-refractivity contribution is 5.98. The van der Waals surface area contributed by atoms with E-state index in [-0.39, 0.29) is 12.3 Å². The summed E-state index contributed by atoms with van der Waals surface area (Å²) in [4.78, 5) is 23.3. The topological polar surface area (TPSA) is 81.4 Å². The van der Waals surface area contributed by atoms with Crippen molar-refractivity contribution in [1.82, 2.24) is 0 Å². The molecule has 1 aromatic carbocycles. The van der Waals surface area contributed by atoms with Crippen LogP contribution in [0.4, 0.5) is 5.69 Å². The summed E-state index contributed by atoms with van der Waals surface area (Å²) in [5.41, 5.74) is 7.13. The third-order valence-electron chi connectivity index (χ3n) is 2.67. The maximum absolute atomic E-state index is 11.8. The third-order valence-corrected chi connectivity index (χ3v) is 2.67. The first-order valence-corrected chi connectivity index (χ1v) is 5.69. The molecule has 0 aliphatic carbocycles. The molecule has 0 radical (unpaired) electrons. The Kier molecular flexibility index (Phi) is 5.10. The normalized spacial score (nSPS) is 11.3. The predicted molar refractivity (Wildman–Crippen MR) is 72.6 cm³/mol. The zero-order valence-corrected chi connectivity index (χ0v) is 10.9. The number of amides is 1. The van der Waals surface area contributed by atoms with Gasteiger partial charge in [-0.3, -0.25) is 4.79 Å². The number of hydrogen-bond acceptors (Lipinski definition) is 4. The second kappa shape index (κ2) is 6.57. The van der Waals surface area contributed by atoms with E-state index in [0.717, 1.165) is 0 Å². The predicted octanol–water partition coefficient (Wildman–Crippen LogP) is 1.07. The molecule has 0 aliphatic rings. The largest absolute Gasteiger partial charge is 0.465 e. The number of esters is 1. The van der Waals surface area contributed by atoms with Crippen molar-refractivity contribution in [1.29, 1.82) is 0 Å². The molecule has 19 heavy (non-hydrogen) atoms. The van der Waals surface area contributed by atoms with E-state index in [9.17, 15) is 9.59 Å². The molecule has 1 aromatic rings. The molecule has 0 spiro atoms. The number of carbonyl (C=O) groups is 2. The molecule has 1 rings (SSSR count). The number of hydrogen-bond donors (Lipinski definition) is 2. The number of ether oxygens (including phenoxy) is 1. The van der Waals surface area contributed by atoms with Crippen LogP contribution in [0.2, 0.25) is 0 Å². The zero-order valence-electron chi connectivity index (χ0n) is 10.9. The van der Waals surface area contributed by atoms with Gasteiger partial charge in [0.05, 0.1) is 18.7 Å². The van der Waals surface area contributed by atoms with E-state index < -0.39 is 12.0 Å². The SMILES string of the molecule is C#CCC(N)C(=O)Nc1cccc(C(=O)OC)c1C. The van der Waals surface area contributed by atoms with Gasteiger partial charge in [0.15, 0.2) is 0 Å². The molecule has 0 aromatic heterocycles. The monoisotopic (exact) mass is 260 g/mol. The van der Waals surface area contributed by atoms with Gasteiger partial charge >= 0.3 is 5.97 Å². The fourth-order valence-corrected chi connectivity index (χ4v) is 1.55. The Balaban J connectivity index is 2.94. The van der Waals surface area contributed by atoms with Crippen LogP contribution in [0.15, 0.2) is 18.2 Å². The minimum absolute atomic E-state index is 0.154. The van der Waals surface area contributed by atoms with E-state index in [1.807, 2.05) is 0 Å². The Morgan fingerprint density at radius 3 is 2.79 bits per heavy atom. The van der Waals surface area contributed by atoms with Crippen LogP contribution in [0.25, 0.3) is 0 Å². The van der Waals surface area contributed by atoms with Crippen molar-refractivity contribution in [3.05, 3.63) is 29.3 Å². The summed E-state index contributed by atoms with van der Waals surface area (Å²) in [5.74, 6) is 1.48. The summed E-state index contributed by atoms with van der Waals surface area (Å²) in [6.45, 7) is 1.72. The van der Waals surface area contributed by atoms with Crippen LogP contribution in [0.3, 0.4) is 0 Å². The van der Waals surface area contributed by atoms with Crippen LogP contribution in [0, 0.1) is 19.3 Å². The van der Waals surface area contributed by atoms with Crippen molar-refractivity contribution in [3.8, 4) is 12.3 Å². The Bertz CT molecular complexity index is 532. The standard InChI is InChI=1S/C14H16N2O3/c1-4-6-11(15)13(17)16-12-8-5-7-10(9(12)2)14(18)19-3/h1,5,7-8,11H,6,15H2,2-3H3,(H,16,17). The van der Waals surface area contributed by atoms with Crippen LogP contribution < -0.4 is 11.1 Å². The first kappa shape index (κ1) is 14.7. The van der Waals surface area contributed by atoms with Crippen molar-refractivity contribution < 1.29 is 14.3 Å². The molecule has 5 nitrogen and oxygen atoms in total. The fourth-order valence-electron chi connectivity index (χ4n) is 1.55. The van der Waals surface area contributed by atoms with Crippen molar-refractivity contribution in [3.63, 3.8) is 0 Å². The molecular formula is C14H16N2O3. The van der Waals surface area contributed by atoms with E-state index in [2.05, 4.69) is 16.0 Å². The number of nitrogens with one attached hydrogen (secondary N) is 1.